The van der Waals surface area contributed by atoms with Crippen molar-refractivity contribution in [2.75, 3.05) is 13.1 Å². The molecule has 0 radical (unpaired) electrons. The fourth-order valence-corrected chi connectivity index (χ4v) is 2.13. The molecule has 0 saturated heterocycles. The number of benzene rings is 1. The van der Waals surface area contributed by atoms with Gasteiger partial charge in [-0.3, -0.25) is 0 Å². The number of nitrogens with zero attached hydrogens (tertiary/aromatic N) is 1. The van der Waals surface area contributed by atoms with Gasteiger partial charge in [-0.05, 0) is 51.3 Å². The van der Waals surface area contributed by atoms with Crippen LogP contribution in [0.1, 0.15) is 36.1 Å². The summed E-state index contributed by atoms with van der Waals surface area (Å²) in [6.07, 6.45) is 0. The lowest BCUT2D eigenvalue weighted by Crippen LogP contribution is -2.37. The first-order valence-corrected chi connectivity index (χ1v) is 6.67. The maximum absolute atomic E-state index is 4.62. The smallest absolute Gasteiger partial charge is 0.191 e. The zero-order chi connectivity index (χ0) is 13.5. The van der Waals surface area contributed by atoms with E-state index < -0.39 is 0 Å². The van der Waals surface area contributed by atoms with Gasteiger partial charge >= 0.3 is 0 Å². The summed E-state index contributed by atoms with van der Waals surface area (Å²) in [5.41, 5.74) is 5.29. The molecule has 0 bridgehead atoms. The Morgan fingerprint density at radius 2 is 1.47 bits per heavy atom. The molecule has 0 saturated carbocycles. The summed E-state index contributed by atoms with van der Waals surface area (Å²) in [7, 11) is 0. The van der Waals surface area contributed by atoms with Crippen LogP contribution in [0.25, 0.3) is 0 Å². The summed E-state index contributed by atoms with van der Waals surface area (Å²) in [5, 5.41) is 6.49. The van der Waals surface area contributed by atoms with E-state index in [0.717, 1.165) is 25.6 Å². The van der Waals surface area contributed by atoms with Crippen molar-refractivity contribution >= 4 is 29.9 Å². The maximum Gasteiger partial charge on any atom is 0.191 e. The second-order valence-corrected chi connectivity index (χ2v) is 4.60. The van der Waals surface area contributed by atoms with Crippen molar-refractivity contribution in [2.45, 2.75) is 41.2 Å². The Bertz CT molecular complexity index is 396. The first-order chi connectivity index (χ1) is 8.58. The molecule has 0 aliphatic rings. The van der Waals surface area contributed by atoms with E-state index in [0.29, 0.717) is 0 Å². The largest absolute Gasteiger partial charge is 0.357 e. The second kappa shape index (κ2) is 9.18. The predicted molar refractivity (Wildman–Crippen MR) is 94.6 cm³/mol. The van der Waals surface area contributed by atoms with Gasteiger partial charge in [0.05, 0.1) is 6.54 Å². The molecule has 1 aromatic rings. The van der Waals surface area contributed by atoms with Crippen LogP contribution in [0.2, 0.25) is 0 Å². The highest BCUT2D eigenvalue weighted by Crippen LogP contribution is 2.17. The number of nitrogens with one attached hydrogen (secondary N) is 2. The van der Waals surface area contributed by atoms with Gasteiger partial charge in [0.25, 0.3) is 0 Å². The van der Waals surface area contributed by atoms with Crippen LogP contribution in [-0.4, -0.2) is 19.0 Å². The highest BCUT2D eigenvalue weighted by Gasteiger charge is 2.03. The van der Waals surface area contributed by atoms with Gasteiger partial charge in [0.2, 0.25) is 0 Å². The lowest BCUT2D eigenvalue weighted by molar-refractivity contribution is 0.837. The van der Waals surface area contributed by atoms with Gasteiger partial charge in [0, 0.05) is 13.1 Å². The van der Waals surface area contributed by atoms with Crippen LogP contribution >= 0.6 is 24.0 Å². The van der Waals surface area contributed by atoms with Gasteiger partial charge in [-0.2, -0.15) is 0 Å². The zero-order valence-corrected chi connectivity index (χ0v) is 15.0. The van der Waals surface area contributed by atoms with Crippen LogP contribution in [-0.2, 0) is 6.54 Å². The van der Waals surface area contributed by atoms with E-state index in [4.69, 9.17) is 0 Å². The molecule has 0 atom stereocenters. The summed E-state index contributed by atoms with van der Waals surface area (Å²) in [5.74, 6) is 0.888. The van der Waals surface area contributed by atoms with Crippen LogP contribution in [0.3, 0.4) is 0 Å². The number of rotatable bonds is 4. The summed E-state index contributed by atoms with van der Waals surface area (Å²) in [6.45, 7) is 13.1. The summed E-state index contributed by atoms with van der Waals surface area (Å²) in [6, 6.07) is 4.44. The van der Waals surface area contributed by atoms with E-state index in [1.165, 1.54) is 22.3 Å². The van der Waals surface area contributed by atoms with Crippen LogP contribution in [0.4, 0.5) is 0 Å². The minimum Gasteiger partial charge on any atom is -0.357 e. The molecule has 0 aromatic heterocycles. The number of hydrogen-bond donors (Lipinski definition) is 2. The Labute approximate surface area is 134 Å². The van der Waals surface area contributed by atoms with Crippen LogP contribution < -0.4 is 10.6 Å². The summed E-state index contributed by atoms with van der Waals surface area (Å²) in [4.78, 5) is 4.62. The molecule has 108 valence electrons. The Kier molecular flexibility index (Phi) is 8.80. The average molecular weight is 375 g/mol. The minimum absolute atomic E-state index is 0. The first-order valence-electron chi connectivity index (χ1n) is 6.67. The minimum atomic E-state index is 0. The number of halogens is 1. The molecule has 1 aromatic carbocycles. The molecule has 2 N–H and O–H groups in total. The van der Waals surface area contributed by atoms with Gasteiger partial charge in [0.1, 0.15) is 0 Å². The van der Waals surface area contributed by atoms with E-state index in [2.05, 4.69) is 62.4 Å². The second-order valence-electron chi connectivity index (χ2n) is 4.60. The SMILES string of the molecule is CCNC(=NCc1c(C)cc(C)cc1C)NCC.I. The highest BCUT2D eigenvalue weighted by atomic mass is 127. The third-order valence-corrected chi connectivity index (χ3v) is 2.92. The third-order valence-electron chi connectivity index (χ3n) is 2.92. The van der Waals surface area contributed by atoms with Gasteiger partial charge in [-0.1, -0.05) is 17.7 Å². The van der Waals surface area contributed by atoms with Crippen molar-refractivity contribution in [3.8, 4) is 0 Å². The summed E-state index contributed by atoms with van der Waals surface area (Å²) < 4.78 is 0. The standard InChI is InChI=1S/C15H25N3.HI/c1-6-16-15(17-7-2)18-10-14-12(4)8-11(3)9-13(14)5;/h8-9H,6-7,10H2,1-5H3,(H2,16,17,18);1H. The van der Waals surface area contributed by atoms with Gasteiger partial charge in [-0.25, -0.2) is 4.99 Å². The molecule has 0 fully saturated rings. The van der Waals surface area contributed by atoms with Crippen molar-refractivity contribution in [2.24, 2.45) is 4.99 Å². The number of hydrogen-bond acceptors (Lipinski definition) is 1. The fraction of sp³-hybridized carbons (Fsp3) is 0.533. The average Bonchev–Trinajstić information content (AvgIpc) is 2.28. The molecule has 0 aliphatic heterocycles. The first kappa shape index (κ1) is 18.2. The van der Waals surface area contributed by atoms with Crippen LogP contribution in [0, 0.1) is 20.8 Å². The van der Waals surface area contributed by atoms with E-state index in [1.54, 1.807) is 0 Å². The van der Waals surface area contributed by atoms with E-state index in [1.807, 2.05) is 0 Å². The highest BCUT2D eigenvalue weighted by molar-refractivity contribution is 14.0. The quantitative estimate of drug-likeness (QED) is 0.481. The van der Waals surface area contributed by atoms with Crippen molar-refractivity contribution in [1.82, 2.24) is 10.6 Å². The summed E-state index contributed by atoms with van der Waals surface area (Å²) >= 11 is 0. The molecule has 0 aliphatic carbocycles. The van der Waals surface area contributed by atoms with Gasteiger partial charge < -0.3 is 10.6 Å². The van der Waals surface area contributed by atoms with Crippen LogP contribution in [0.15, 0.2) is 17.1 Å². The molecular formula is C15H26IN3. The molecule has 4 heteroatoms. The number of guanidine groups is 1. The normalized spacial score (nSPS) is 9.53. The lowest BCUT2D eigenvalue weighted by atomic mass is 10.00. The molecule has 0 heterocycles. The molecule has 1 rings (SSSR count). The lowest BCUT2D eigenvalue weighted by Gasteiger charge is -2.12. The Morgan fingerprint density at radius 3 is 1.89 bits per heavy atom. The third kappa shape index (κ3) is 5.80. The number of aryl methyl sites for hydroxylation is 3. The van der Waals surface area contributed by atoms with Crippen LogP contribution in [0.5, 0.6) is 0 Å². The molecular weight excluding hydrogens is 349 g/mol. The molecule has 0 spiro atoms. The van der Waals surface area contributed by atoms with E-state index >= 15 is 0 Å². The monoisotopic (exact) mass is 375 g/mol. The fourth-order valence-electron chi connectivity index (χ4n) is 2.13. The van der Waals surface area contributed by atoms with Crippen molar-refractivity contribution in [1.29, 1.82) is 0 Å². The van der Waals surface area contributed by atoms with Crippen molar-refractivity contribution in [3.63, 3.8) is 0 Å². The van der Waals surface area contributed by atoms with E-state index in [9.17, 15) is 0 Å². The molecule has 0 amide bonds. The van der Waals surface area contributed by atoms with Crippen molar-refractivity contribution < 1.29 is 0 Å². The maximum atomic E-state index is 4.62. The van der Waals surface area contributed by atoms with Crippen molar-refractivity contribution in [3.05, 3.63) is 34.4 Å². The Hall–Kier alpha value is -0.780. The van der Waals surface area contributed by atoms with E-state index in [-0.39, 0.29) is 24.0 Å². The molecule has 0 unspecified atom stereocenters. The topological polar surface area (TPSA) is 36.4 Å². The molecule has 19 heavy (non-hydrogen) atoms. The zero-order valence-electron chi connectivity index (χ0n) is 12.6. The predicted octanol–water partition coefficient (Wildman–Crippen LogP) is 3.30. The number of aliphatic imine (C=N–C) groups is 1. The van der Waals surface area contributed by atoms with Gasteiger partial charge in [0.15, 0.2) is 5.96 Å². The van der Waals surface area contributed by atoms with Gasteiger partial charge in [-0.15, -0.1) is 24.0 Å². The molecule has 3 nitrogen and oxygen atoms in total. The Morgan fingerprint density at radius 1 is 1.00 bits per heavy atom. The Balaban J connectivity index is 0.00000324.